The first-order valence-electron chi connectivity index (χ1n) is 16.6. The van der Waals surface area contributed by atoms with Crippen LogP contribution in [0.2, 0.25) is 0 Å². The number of likely N-dealkylation sites (tertiary alicyclic amines) is 1. The van der Waals surface area contributed by atoms with Crippen molar-refractivity contribution in [1.82, 2.24) is 20.3 Å². The van der Waals surface area contributed by atoms with Gasteiger partial charge in [-0.25, -0.2) is 8.42 Å². The van der Waals surface area contributed by atoms with E-state index in [-0.39, 0.29) is 47.4 Å². The van der Waals surface area contributed by atoms with E-state index >= 15 is 0 Å². The summed E-state index contributed by atoms with van der Waals surface area (Å²) in [5.41, 5.74) is 2.68. The van der Waals surface area contributed by atoms with Gasteiger partial charge in [0, 0.05) is 49.6 Å². The van der Waals surface area contributed by atoms with Crippen LogP contribution >= 0.6 is 0 Å². The van der Waals surface area contributed by atoms with Gasteiger partial charge in [0.1, 0.15) is 11.8 Å². The van der Waals surface area contributed by atoms with Crippen molar-refractivity contribution in [2.45, 2.75) is 98.2 Å². The molecule has 0 saturated carbocycles. The largest absolute Gasteiger partial charge is 0.359 e. The lowest BCUT2D eigenvalue weighted by atomic mass is 9.92. The molecule has 1 aliphatic rings. The molecule has 1 aromatic heterocycles. The van der Waals surface area contributed by atoms with Crippen LogP contribution in [-0.2, 0) is 37.5 Å². The maximum Gasteiger partial charge on any atom is 0.263 e. The van der Waals surface area contributed by atoms with Gasteiger partial charge in [0.05, 0.1) is 4.90 Å². The number of nitrogens with zero attached hydrogens (tertiary/aromatic N) is 3. The molecule has 2 heterocycles. The molecular formula is C36H49N5O6S. The van der Waals surface area contributed by atoms with Gasteiger partial charge in [-0.2, -0.15) is 0 Å². The molecule has 0 bridgehead atoms. The van der Waals surface area contributed by atoms with Crippen molar-refractivity contribution in [3.05, 3.63) is 64.9 Å². The van der Waals surface area contributed by atoms with Crippen molar-refractivity contribution < 1.29 is 27.3 Å². The number of aryl methyl sites for hydroxylation is 1. The fourth-order valence-corrected chi connectivity index (χ4v) is 7.41. The average Bonchev–Trinajstić information content (AvgIpc) is 3.49. The molecule has 1 fully saturated rings. The smallest absolute Gasteiger partial charge is 0.263 e. The van der Waals surface area contributed by atoms with Crippen LogP contribution in [0.4, 0.5) is 5.82 Å². The number of likely N-dealkylation sites (N-methyl/N-ethyl adjacent to an activating group) is 1. The highest BCUT2D eigenvalue weighted by molar-refractivity contribution is 7.92. The van der Waals surface area contributed by atoms with Gasteiger partial charge in [-0.15, -0.1) is 0 Å². The molecule has 12 heteroatoms. The number of unbranched alkanes of at least 4 members (excludes halogenated alkanes) is 1. The van der Waals surface area contributed by atoms with Crippen molar-refractivity contribution in [2.75, 3.05) is 18.3 Å². The van der Waals surface area contributed by atoms with E-state index in [1.807, 2.05) is 52.8 Å². The maximum atomic E-state index is 13.8. The van der Waals surface area contributed by atoms with E-state index < -0.39 is 21.5 Å². The number of carbonyl (C=O) groups is 3. The summed E-state index contributed by atoms with van der Waals surface area (Å²) in [6, 6.07) is 11.7. The zero-order chi connectivity index (χ0) is 35.4. The van der Waals surface area contributed by atoms with E-state index in [9.17, 15) is 22.8 Å². The third-order valence-electron chi connectivity index (χ3n) is 9.16. The van der Waals surface area contributed by atoms with Crippen LogP contribution in [0, 0.1) is 25.2 Å². The third kappa shape index (κ3) is 7.91. The summed E-state index contributed by atoms with van der Waals surface area (Å²) in [4.78, 5) is 43.5. The quantitative estimate of drug-likeness (QED) is 0.219. The second-order valence-electron chi connectivity index (χ2n) is 13.6. The Kier molecular flexibility index (Phi) is 11.4. The van der Waals surface area contributed by atoms with Gasteiger partial charge >= 0.3 is 0 Å². The lowest BCUT2D eigenvalue weighted by Gasteiger charge is -2.34. The van der Waals surface area contributed by atoms with Gasteiger partial charge in [0.15, 0.2) is 5.82 Å². The van der Waals surface area contributed by atoms with E-state index in [1.54, 1.807) is 48.9 Å². The van der Waals surface area contributed by atoms with E-state index in [2.05, 4.69) is 15.2 Å². The number of sulfonamides is 1. The fourth-order valence-electron chi connectivity index (χ4n) is 6.13. The van der Waals surface area contributed by atoms with E-state index in [0.717, 1.165) is 17.5 Å². The van der Waals surface area contributed by atoms with Crippen LogP contribution in [-0.4, -0.2) is 60.7 Å². The predicted molar refractivity (Wildman–Crippen MR) is 185 cm³/mol. The molecule has 0 aliphatic carbocycles. The number of hydrogen-bond donors (Lipinski definition) is 2. The van der Waals surface area contributed by atoms with Crippen LogP contribution in [0.25, 0.3) is 11.1 Å². The molecular weight excluding hydrogens is 630 g/mol. The van der Waals surface area contributed by atoms with Crippen LogP contribution in [0.5, 0.6) is 0 Å². The van der Waals surface area contributed by atoms with E-state index in [4.69, 9.17) is 4.52 Å². The number of carbonyl (C=O) groups excluding carboxylic acids is 3. The van der Waals surface area contributed by atoms with Gasteiger partial charge in [-0.3, -0.25) is 19.1 Å². The minimum atomic E-state index is -4.11. The minimum Gasteiger partial charge on any atom is -0.359 e. The summed E-state index contributed by atoms with van der Waals surface area (Å²) in [5, 5.41) is 6.60. The normalized spacial score (nSPS) is 15.1. The molecule has 4 rings (SSSR count). The van der Waals surface area contributed by atoms with Crippen molar-refractivity contribution in [3.63, 3.8) is 0 Å². The summed E-state index contributed by atoms with van der Waals surface area (Å²) < 4.78 is 35.4. The van der Waals surface area contributed by atoms with Crippen LogP contribution in [0.1, 0.15) is 82.8 Å². The van der Waals surface area contributed by atoms with Gasteiger partial charge < -0.3 is 19.6 Å². The molecule has 0 spiro atoms. The summed E-state index contributed by atoms with van der Waals surface area (Å²) in [5.74, 6) is 0.166. The van der Waals surface area contributed by atoms with Gasteiger partial charge in [-0.1, -0.05) is 82.6 Å². The Morgan fingerprint density at radius 3 is 2.40 bits per heavy atom. The molecule has 3 aromatic rings. The van der Waals surface area contributed by atoms with Crippen molar-refractivity contribution in [3.8, 4) is 11.1 Å². The van der Waals surface area contributed by atoms with Crippen molar-refractivity contribution in [1.29, 1.82) is 0 Å². The topological polar surface area (TPSA) is 142 Å². The Hall–Kier alpha value is -4.19. The van der Waals surface area contributed by atoms with Crippen LogP contribution < -0.4 is 10.0 Å². The van der Waals surface area contributed by atoms with Crippen molar-refractivity contribution in [2.24, 2.45) is 11.3 Å². The maximum absolute atomic E-state index is 13.8. The average molecular weight is 680 g/mol. The zero-order valence-electron chi connectivity index (χ0n) is 29.3. The number of amides is 3. The third-order valence-corrected chi connectivity index (χ3v) is 10.6. The molecule has 48 heavy (non-hydrogen) atoms. The molecule has 1 saturated heterocycles. The molecule has 2 aromatic carbocycles. The molecule has 1 aliphatic heterocycles. The number of hydrogen-bond acceptors (Lipinski definition) is 7. The van der Waals surface area contributed by atoms with E-state index in [0.29, 0.717) is 48.3 Å². The highest BCUT2D eigenvalue weighted by atomic mass is 32.2. The molecule has 11 nitrogen and oxygen atoms in total. The monoisotopic (exact) mass is 679 g/mol. The number of rotatable bonds is 14. The van der Waals surface area contributed by atoms with Gasteiger partial charge in [-0.05, 0) is 55.4 Å². The summed E-state index contributed by atoms with van der Waals surface area (Å²) in [6.45, 7) is 14.1. The Morgan fingerprint density at radius 1 is 1.10 bits per heavy atom. The zero-order valence-corrected chi connectivity index (χ0v) is 30.2. The van der Waals surface area contributed by atoms with Crippen LogP contribution in [0.3, 0.4) is 0 Å². The van der Waals surface area contributed by atoms with Gasteiger partial charge in [0.2, 0.25) is 17.7 Å². The molecule has 260 valence electrons. The fraction of sp³-hybridized carbons (Fsp3) is 0.500. The first-order valence-corrected chi connectivity index (χ1v) is 18.1. The molecule has 1 atom stereocenters. The Morgan fingerprint density at radius 2 is 1.81 bits per heavy atom. The number of nitrogens with one attached hydrogen (secondary N) is 2. The standard InChI is InChI=1S/C36H49N5O6S/c1-9-10-15-31(42)41(32(23(2)3)34(43)37-8)21-26-16-17-28(27(20-26)22-40-19-18-36(6,7)35(40)44)29-13-11-12-14-30(29)48(45,46)39-33-24(4)25(5)47-38-33/h11-14,16-17,20,23,32H,9-10,15,18-19,21-22H2,1-8H3,(H,37,43)(H,38,39)/t32-/m0/s1. The lowest BCUT2D eigenvalue weighted by molar-refractivity contribution is -0.142. The summed E-state index contributed by atoms with van der Waals surface area (Å²) in [7, 11) is -2.54. The second kappa shape index (κ2) is 14.9. The summed E-state index contributed by atoms with van der Waals surface area (Å²) in [6.07, 6.45) is 2.57. The Balaban J connectivity index is 1.82. The first-order chi connectivity index (χ1) is 22.6. The molecule has 2 N–H and O–H groups in total. The van der Waals surface area contributed by atoms with Crippen LogP contribution in [0.15, 0.2) is 51.9 Å². The second-order valence-corrected chi connectivity index (χ2v) is 15.2. The first kappa shape index (κ1) is 36.6. The predicted octanol–water partition coefficient (Wildman–Crippen LogP) is 5.81. The lowest BCUT2D eigenvalue weighted by Crippen LogP contribution is -2.51. The molecule has 3 amide bonds. The van der Waals surface area contributed by atoms with E-state index in [1.165, 1.54) is 6.07 Å². The number of aromatic nitrogens is 1. The number of anilines is 1. The minimum absolute atomic E-state index is 0.0224. The molecule has 0 radical (unpaired) electrons. The number of benzene rings is 2. The Labute approximate surface area is 284 Å². The SMILES string of the molecule is CCCCC(=O)N(Cc1ccc(-c2ccccc2S(=O)(=O)Nc2noc(C)c2C)c(CN2CCC(C)(C)C2=O)c1)[C@H](C(=O)NC)C(C)C. The van der Waals surface area contributed by atoms with Gasteiger partial charge in [0.25, 0.3) is 10.0 Å². The Bertz CT molecular complexity index is 1760. The molecule has 0 unspecified atom stereocenters. The highest BCUT2D eigenvalue weighted by Gasteiger charge is 2.39. The summed E-state index contributed by atoms with van der Waals surface area (Å²) >= 11 is 0. The highest BCUT2D eigenvalue weighted by Crippen LogP contribution is 2.36. The van der Waals surface area contributed by atoms with Crippen molar-refractivity contribution >= 4 is 33.6 Å².